The van der Waals surface area contributed by atoms with Crippen LogP contribution in [0.3, 0.4) is 0 Å². The third kappa shape index (κ3) is 5.15. The molecule has 5 rings (SSSR count). The average Bonchev–Trinajstić information content (AvgIpc) is 3.39. The van der Waals surface area contributed by atoms with Gasteiger partial charge in [0.05, 0.1) is 24.1 Å². The molecule has 2 fully saturated rings. The first kappa shape index (κ1) is 27.6. The van der Waals surface area contributed by atoms with E-state index < -0.39 is 14.1 Å². The Morgan fingerprint density at radius 2 is 1.86 bits per heavy atom. The quantitative estimate of drug-likeness (QED) is 0.162. The molecule has 200 valence electrons. The predicted molar refractivity (Wildman–Crippen MR) is 154 cm³/mol. The van der Waals surface area contributed by atoms with Crippen LogP contribution >= 0.6 is 39.1 Å². The van der Waals surface area contributed by atoms with Crippen LogP contribution in [0.4, 0.5) is 0 Å². The minimum Gasteiger partial charge on any atom is -0.413 e. The van der Waals surface area contributed by atoms with Crippen LogP contribution in [0, 0.1) is 0 Å². The molecule has 0 spiro atoms. The van der Waals surface area contributed by atoms with Gasteiger partial charge in [0.1, 0.15) is 16.9 Å². The van der Waals surface area contributed by atoms with Crippen molar-refractivity contribution in [3.8, 4) is 0 Å². The second-order valence-corrected chi connectivity index (χ2v) is 18.5. The molecule has 2 aromatic heterocycles. The maximum absolute atomic E-state index is 6.52. The largest absolute Gasteiger partial charge is 0.413 e. The Labute approximate surface area is 238 Å². The zero-order valence-corrected chi connectivity index (χ0v) is 26.4. The van der Waals surface area contributed by atoms with E-state index in [0.29, 0.717) is 17.4 Å². The summed E-state index contributed by atoms with van der Waals surface area (Å²) >= 11 is 16.3. The standard InChI is InChI=1S/C27H34BrCl2N3O3Si/c1-26(2,3)37(6,7)34-14-15-9-8-10-16(11-15)17-12-19(22-21(17)35-27(4,5)36-22)33-13-18(28)20-23(29)31-25(30)32-24(20)33/h8-11,13,17,19,21-22H,12,14H2,1-7H3/t17-,19-,21-,22+/m1/s1. The van der Waals surface area contributed by atoms with Gasteiger partial charge in [-0.3, -0.25) is 0 Å². The molecule has 1 saturated heterocycles. The van der Waals surface area contributed by atoms with Crippen LogP contribution < -0.4 is 0 Å². The average molecular weight is 627 g/mol. The number of fused-ring (bicyclic) bond motifs is 2. The van der Waals surface area contributed by atoms with E-state index in [2.05, 4.69) is 88.6 Å². The fraction of sp³-hybridized carbons (Fsp3) is 0.556. The van der Waals surface area contributed by atoms with Crippen molar-refractivity contribution >= 4 is 58.5 Å². The topological polar surface area (TPSA) is 58.4 Å². The lowest BCUT2D eigenvalue weighted by Gasteiger charge is -2.36. The summed E-state index contributed by atoms with van der Waals surface area (Å²) < 4.78 is 22.4. The normalized spacial score (nSPS) is 25.7. The number of hydrogen-bond acceptors (Lipinski definition) is 5. The van der Waals surface area contributed by atoms with E-state index in [9.17, 15) is 0 Å². The Morgan fingerprint density at radius 1 is 1.16 bits per heavy atom. The van der Waals surface area contributed by atoms with Crippen molar-refractivity contribution < 1.29 is 13.9 Å². The number of benzene rings is 1. The number of rotatable bonds is 5. The first-order chi connectivity index (χ1) is 17.2. The molecule has 1 aliphatic carbocycles. The molecule has 10 heteroatoms. The highest BCUT2D eigenvalue weighted by molar-refractivity contribution is 9.10. The molecular formula is C27H34BrCl2N3O3Si. The summed E-state index contributed by atoms with van der Waals surface area (Å²) in [5, 5.41) is 1.35. The van der Waals surface area contributed by atoms with E-state index >= 15 is 0 Å². The summed E-state index contributed by atoms with van der Waals surface area (Å²) in [4.78, 5) is 8.65. The molecule has 0 N–H and O–H groups in total. The van der Waals surface area contributed by atoms with E-state index in [4.69, 9.17) is 37.1 Å². The lowest BCUT2D eigenvalue weighted by Crippen LogP contribution is -2.40. The zero-order chi connectivity index (χ0) is 26.9. The van der Waals surface area contributed by atoms with Gasteiger partial charge in [0.2, 0.25) is 5.28 Å². The van der Waals surface area contributed by atoms with Crippen LogP contribution in [0.15, 0.2) is 34.9 Å². The molecule has 0 unspecified atom stereocenters. The monoisotopic (exact) mass is 625 g/mol. The van der Waals surface area contributed by atoms with Crippen molar-refractivity contribution in [3.05, 3.63) is 56.5 Å². The molecule has 1 aliphatic heterocycles. The first-order valence-corrected chi connectivity index (χ1v) is 17.1. The van der Waals surface area contributed by atoms with Crippen LogP contribution in [-0.4, -0.2) is 40.8 Å². The number of hydrogen-bond donors (Lipinski definition) is 0. The van der Waals surface area contributed by atoms with Gasteiger partial charge in [0.25, 0.3) is 0 Å². The van der Waals surface area contributed by atoms with Crippen LogP contribution in [0.1, 0.15) is 64.1 Å². The van der Waals surface area contributed by atoms with E-state index in [-0.39, 0.29) is 34.5 Å². The number of halogens is 3. The summed E-state index contributed by atoms with van der Waals surface area (Å²) in [7, 11) is -1.85. The smallest absolute Gasteiger partial charge is 0.225 e. The van der Waals surface area contributed by atoms with Crippen LogP contribution in [0.25, 0.3) is 11.0 Å². The van der Waals surface area contributed by atoms with Crippen LogP contribution in [0.2, 0.25) is 28.6 Å². The van der Waals surface area contributed by atoms with Crippen molar-refractivity contribution in [3.63, 3.8) is 0 Å². The van der Waals surface area contributed by atoms with Crippen molar-refractivity contribution in [2.75, 3.05) is 0 Å². The Kier molecular flexibility index (Phi) is 7.13. The highest BCUT2D eigenvalue weighted by atomic mass is 79.9. The van der Waals surface area contributed by atoms with Crippen molar-refractivity contribution in [2.45, 2.75) is 95.7 Å². The SMILES string of the molecule is CC1(C)O[C@@H]2[C@H](O1)[C@@H](c1cccc(CO[Si](C)(C)C(C)(C)C)c1)C[C@H]2n1cc(Br)c2c(Cl)nc(Cl)nc21. The van der Waals surface area contributed by atoms with E-state index in [1.54, 1.807) is 0 Å². The summed E-state index contributed by atoms with van der Waals surface area (Å²) in [5.41, 5.74) is 3.10. The molecule has 2 aliphatic rings. The van der Waals surface area contributed by atoms with Gasteiger partial charge in [-0.15, -0.1) is 0 Å². The molecule has 37 heavy (non-hydrogen) atoms. The summed E-state index contributed by atoms with van der Waals surface area (Å²) in [5.74, 6) is -0.534. The lowest BCUT2D eigenvalue weighted by atomic mass is 9.94. The Hall–Kier alpha value is -1.00. The maximum Gasteiger partial charge on any atom is 0.225 e. The predicted octanol–water partition coefficient (Wildman–Crippen LogP) is 8.27. The summed E-state index contributed by atoms with van der Waals surface area (Å²) in [6, 6.07) is 8.71. The Balaban J connectivity index is 1.48. The molecule has 0 bridgehead atoms. The van der Waals surface area contributed by atoms with Crippen molar-refractivity contribution in [2.24, 2.45) is 0 Å². The van der Waals surface area contributed by atoms with Gasteiger partial charge in [0, 0.05) is 16.6 Å². The second-order valence-electron chi connectivity index (χ2n) is 12.1. The zero-order valence-electron chi connectivity index (χ0n) is 22.3. The molecule has 3 heterocycles. The number of nitrogens with zero attached hydrogens (tertiary/aromatic N) is 3. The highest BCUT2D eigenvalue weighted by Gasteiger charge is 2.55. The van der Waals surface area contributed by atoms with Gasteiger partial charge >= 0.3 is 0 Å². The molecule has 1 aromatic carbocycles. The van der Waals surface area contributed by atoms with Gasteiger partial charge < -0.3 is 18.5 Å². The minimum atomic E-state index is -1.85. The van der Waals surface area contributed by atoms with Crippen molar-refractivity contribution in [1.29, 1.82) is 0 Å². The molecular weight excluding hydrogens is 593 g/mol. The molecule has 1 saturated carbocycles. The van der Waals surface area contributed by atoms with E-state index in [1.165, 1.54) is 11.1 Å². The molecule has 4 atom stereocenters. The van der Waals surface area contributed by atoms with Gasteiger partial charge in [-0.2, -0.15) is 4.98 Å². The van der Waals surface area contributed by atoms with E-state index in [1.807, 2.05) is 20.0 Å². The van der Waals surface area contributed by atoms with Gasteiger partial charge in [-0.1, -0.05) is 56.6 Å². The number of aromatic nitrogens is 3. The fourth-order valence-electron chi connectivity index (χ4n) is 5.24. The second kappa shape index (κ2) is 9.57. The van der Waals surface area contributed by atoms with Gasteiger partial charge in [0.15, 0.2) is 14.1 Å². The lowest BCUT2D eigenvalue weighted by molar-refractivity contribution is -0.157. The van der Waals surface area contributed by atoms with Gasteiger partial charge in [-0.05, 0) is 77.1 Å². The molecule has 0 amide bonds. The highest BCUT2D eigenvalue weighted by Crippen LogP contribution is 2.52. The Morgan fingerprint density at radius 3 is 2.57 bits per heavy atom. The third-order valence-electron chi connectivity index (χ3n) is 8.13. The molecule has 6 nitrogen and oxygen atoms in total. The maximum atomic E-state index is 6.52. The fourth-order valence-corrected chi connectivity index (χ4v) is 7.37. The first-order valence-electron chi connectivity index (χ1n) is 12.6. The summed E-state index contributed by atoms with van der Waals surface area (Å²) in [6.07, 6.45) is 2.58. The van der Waals surface area contributed by atoms with Crippen LogP contribution in [-0.2, 0) is 20.5 Å². The van der Waals surface area contributed by atoms with Gasteiger partial charge in [-0.25, -0.2) is 4.98 Å². The minimum absolute atomic E-state index is 0.0141. The molecule has 0 radical (unpaired) electrons. The third-order valence-corrected chi connectivity index (χ3v) is 13.7. The Bertz CT molecular complexity index is 1340. The van der Waals surface area contributed by atoms with Crippen molar-refractivity contribution in [1.82, 2.24) is 14.5 Å². The molecule has 3 aromatic rings. The summed E-state index contributed by atoms with van der Waals surface area (Å²) in [6.45, 7) is 15.9. The van der Waals surface area contributed by atoms with Crippen LogP contribution in [0.5, 0.6) is 0 Å². The number of ether oxygens (including phenoxy) is 2. The van der Waals surface area contributed by atoms with E-state index in [0.717, 1.165) is 16.3 Å².